The number of carbonyl (C=O) groups excluding carboxylic acids is 1. The molecule has 0 atom stereocenters. The molecular weight excluding hydrogens is 288 g/mol. The predicted molar refractivity (Wildman–Crippen MR) is 92.7 cm³/mol. The zero-order valence-corrected chi connectivity index (χ0v) is 13.2. The van der Waals surface area contributed by atoms with Crippen LogP contribution in [0.2, 0.25) is 0 Å². The summed E-state index contributed by atoms with van der Waals surface area (Å²) in [5.74, 6) is -0.198. The molecule has 1 heterocycles. The second-order valence-corrected chi connectivity index (χ2v) is 5.51. The molecule has 0 amide bonds. The van der Waals surface area contributed by atoms with Gasteiger partial charge in [-0.2, -0.15) is 0 Å². The van der Waals surface area contributed by atoms with E-state index in [9.17, 15) is 4.79 Å². The molecule has 3 rings (SSSR count). The van der Waals surface area contributed by atoms with Crippen LogP contribution in [0.25, 0.3) is 10.9 Å². The van der Waals surface area contributed by atoms with Crippen LogP contribution in [-0.4, -0.2) is 31.2 Å². The van der Waals surface area contributed by atoms with E-state index in [-0.39, 0.29) is 5.97 Å². The third-order valence-corrected chi connectivity index (χ3v) is 3.90. The average Bonchev–Trinajstić information content (AvgIpc) is 2.99. The Bertz CT molecular complexity index is 780. The number of esters is 1. The Hall–Kier alpha value is -2.75. The van der Waals surface area contributed by atoms with Crippen LogP contribution in [0.1, 0.15) is 5.56 Å². The van der Waals surface area contributed by atoms with Crippen molar-refractivity contribution >= 4 is 22.6 Å². The van der Waals surface area contributed by atoms with E-state index in [1.165, 1.54) is 0 Å². The molecule has 0 spiro atoms. The molecule has 0 saturated carbocycles. The van der Waals surface area contributed by atoms with Crippen LogP contribution < -0.4 is 4.90 Å². The second kappa shape index (κ2) is 7.01. The zero-order valence-electron chi connectivity index (χ0n) is 13.2. The van der Waals surface area contributed by atoms with Gasteiger partial charge < -0.3 is 14.6 Å². The number of fused-ring (bicyclic) bond motifs is 1. The maximum absolute atomic E-state index is 12.0. The summed E-state index contributed by atoms with van der Waals surface area (Å²) in [4.78, 5) is 17.3. The smallest absolute Gasteiger partial charge is 0.310 e. The summed E-state index contributed by atoms with van der Waals surface area (Å²) in [6, 6.07) is 18.0. The molecule has 4 nitrogen and oxygen atoms in total. The highest BCUT2D eigenvalue weighted by Crippen LogP contribution is 2.18. The van der Waals surface area contributed by atoms with Crippen LogP contribution in [0, 0.1) is 0 Å². The summed E-state index contributed by atoms with van der Waals surface area (Å²) in [6.45, 7) is 1.05. The first kappa shape index (κ1) is 15.2. The summed E-state index contributed by atoms with van der Waals surface area (Å²) < 4.78 is 5.36. The van der Waals surface area contributed by atoms with Gasteiger partial charge >= 0.3 is 5.97 Å². The van der Waals surface area contributed by atoms with Crippen LogP contribution in [0.15, 0.2) is 60.8 Å². The van der Waals surface area contributed by atoms with Crippen LogP contribution in [0.4, 0.5) is 5.69 Å². The predicted octanol–water partition coefficient (Wildman–Crippen LogP) is 3.39. The number of likely N-dealkylation sites (N-methyl/N-ethyl adjacent to an activating group) is 1. The highest BCUT2D eigenvalue weighted by atomic mass is 16.5. The first-order valence-electron chi connectivity index (χ1n) is 7.71. The van der Waals surface area contributed by atoms with Gasteiger partial charge in [-0.1, -0.05) is 36.4 Å². The number of hydrogen-bond acceptors (Lipinski definition) is 3. The minimum atomic E-state index is -0.198. The average molecular weight is 308 g/mol. The molecule has 4 heteroatoms. The summed E-state index contributed by atoms with van der Waals surface area (Å²) in [5, 5.41) is 1.07. The number of nitrogens with zero attached hydrogens (tertiary/aromatic N) is 1. The van der Waals surface area contributed by atoms with E-state index in [0.717, 1.165) is 22.2 Å². The van der Waals surface area contributed by atoms with Gasteiger partial charge in [-0.3, -0.25) is 4.79 Å². The minimum absolute atomic E-state index is 0.198. The topological polar surface area (TPSA) is 45.3 Å². The van der Waals surface area contributed by atoms with Crippen molar-refractivity contribution in [2.75, 3.05) is 25.1 Å². The van der Waals surface area contributed by atoms with Crippen LogP contribution >= 0.6 is 0 Å². The summed E-state index contributed by atoms with van der Waals surface area (Å²) >= 11 is 0. The largest absolute Gasteiger partial charge is 0.464 e. The van der Waals surface area contributed by atoms with Gasteiger partial charge in [-0.15, -0.1) is 0 Å². The SMILES string of the molecule is CN(CCOC(=O)Cc1c[nH]c2ccccc12)c1ccccc1. The number of carbonyl (C=O) groups is 1. The van der Waals surface area contributed by atoms with E-state index in [4.69, 9.17) is 4.74 Å². The number of para-hydroxylation sites is 2. The molecule has 0 saturated heterocycles. The van der Waals surface area contributed by atoms with E-state index < -0.39 is 0 Å². The number of nitrogens with one attached hydrogen (secondary N) is 1. The molecule has 1 N–H and O–H groups in total. The molecule has 0 radical (unpaired) electrons. The normalized spacial score (nSPS) is 10.7. The van der Waals surface area contributed by atoms with E-state index in [1.54, 1.807) is 0 Å². The fourth-order valence-corrected chi connectivity index (χ4v) is 2.59. The van der Waals surface area contributed by atoms with Crippen molar-refractivity contribution in [2.45, 2.75) is 6.42 Å². The van der Waals surface area contributed by atoms with Crippen molar-refractivity contribution < 1.29 is 9.53 Å². The molecule has 2 aromatic carbocycles. The molecule has 0 aliphatic heterocycles. The lowest BCUT2D eigenvalue weighted by Crippen LogP contribution is -2.24. The quantitative estimate of drug-likeness (QED) is 0.710. The zero-order chi connectivity index (χ0) is 16.1. The second-order valence-electron chi connectivity index (χ2n) is 5.51. The number of hydrogen-bond donors (Lipinski definition) is 1. The molecule has 0 bridgehead atoms. The van der Waals surface area contributed by atoms with Crippen LogP contribution in [-0.2, 0) is 16.0 Å². The Morgan fingerprint density at radius 2 is 1.83 bits per heavy atom. The fraction of sp³-hybridized carbons (Fsp3) is 0.211. The highest BCUT2D eigenvalue weighted by molar-refractivity contribution is 5.87. The Morgan fingerprint density at radius 3 is 2.65 bits per heavy atom. The van der Waals surface area contributed by atoms with Gasteiger partial charge in [0.05, 0.1) is 13.0 Å². The van der Waals surface area contributed by atoms with Crippen molar-refractivity contribution in [3.63, 3.8) is 0 Å². The molecule has 0 fully saturated rings. The Labute approximate surface area is 135 Å². The van der Waals surface area contributed by atoms with Gasteiger partial charge in [0.25, 0.3) is 0 Å². The van der Waals surface area contributed by atoms with Crippen molar-refractivity contribution in [3.8, 4) is 0 Å². The Kier molecular flexibility index (Phi) is 4.62. The van der Waals surface area contributed by atoms with Gasteiger partial charge in [-0.25, -0.2) is 0 Å². The van der Waals surface area contributed by atoms with E-state index in [0.29, 0.717) is 19.6 Å². The van der Waals surface area contributed by atoms with E-state index in [2.05, 4.69) is 9.88 Å². The van der Waals surface area contributed by atoms with Gasteiger partial charge in [0.1, 0.15) is 6.61 Å². The third kappa shape index (κ3) is 3.72. The van der Waals surface area contributed by atoms with Crippen molar-refractivity contribution in [3.05, 3.63) is 66.4 Å². The minimum Gasteiger partial charge on any atom is -0.464 e. The molecule has 118 valence electrons. The van der Waals surface area contributed by atoms with E-state index in [1.807, 2.05) is 67.8 Å². The van der Waals surface area contributed by atoms with Crippen molar-refractivity contribution in [2.24, 2.45) is 0 Å². The lowest BCUT2D eigenvalue weighted by atomic mass is 10.1. The molecule has 23 heavy (non-hydrogen) atoms. The van der Waals surface area contributed by atoms with Crippen molar-refractivity contribution in [1.82, 2.24) is 4.98 Å². The van der Waals surface area contributed by atoms with Crippen LogP contribution in [0.5, 0.6) is 0 Å². The Morgan fingerprint density at radius 1 is 1.09 bits per heavy atom. The van der Waals surface area contributed by atoms with Crippen molar-refractivity contribution in [1.29, 1.82) is 0 Å². The molecule has 0 aliphatic carbocycles. The monoisotopic (exact) mass is 308 g/mol. The number of rotatable bonds is 6. The van der Waals surface area contributed by atoms with Gasteiger partial charge in [0, 0.05) is 29.8 Å². The first-order valence-corrected chi connectivity index (χ1v) is 7.71. The molecule has 0 aliphatic rings. The summed E-state index contributed by atoms with van der Waals surface area (Å²) in [7, 11) is 1.99. The number of aromatic amines is 1. The maximum Gasteiger partial charge on any atom is 0.310 e. The van der Waals surface area contributed by atoms with Gasteiger partial charge in [0.15, 0.2) is 0 Å². The van der Waals surface area contributed by atoms with Gasteiger partial charge in [0.2, 0.25) is 0 Å². The van der Waals surface area contributed by atoms with Gasteiger partial charge in [-0.05, 0) is 23.8 Å². The van der Waals surface area contributed by atoms with Crippen LogP contribution in [0.3, 0.4) is 0 Å². The van der Waals surface area contributed by atoms with E-state index >= 15 is 0 Å². The summed E-state index contributed by atoms with van der Waals surface area (Å²) in [6.07, 6.45) is 2.17. The number of ether oxygens (including phenoxy) is 1. The molecular formula is C19H20N2O2. The third-order valence-electron chi connectivity index (χ3n) is 3.90. The number of aromatic nitrogens is 1. The fourth-order valence-electron chi connectivity index (χ4n) is 2.59. The molecule has 3 aromatic rings. The highest BCUT2D eigenvalue weighted by Gasteiger charge is 2.10. The standard InChI is InChI=1S/C19H20N2O2/c1-21(16-7-3-2-4-8-16)11-12-23-19(22)13-15-14-20-18-10-6-5-9-17(15)18/h2-10,14,20H,11-13H2,1H3. The number of benzene rings is 2. The number of anilines is 1. The number of H-pyrrole nitrogens is 1. The maximum atomic E-state index is 12.0. The molecule has 0 unspecified atom stereocenters. The lowest BCUT2D eigenvalue weighted by molar-refractivity contribution is -0.142. The lowest BCUT2D eigenvalue weighted by Gasteiger charge is -2.18. The Balaban J connectivity index is 1.50. The first-order chi connectivity index (χ1) is 11.2. The summed E-state index contributed by atoms with van der Waals surface area (Å²) in [5.41, 5.74) is 3.13. The molecule has 1 aromatic heterocycles.